The van der Waals surface area contributed by atoms with Crippen LogP contribution in [0.5, 0.6) is 0 Å². The maximum absolute atomic E-state index is 6.07. The average molecular weight is 307 g/mol. The first-order chi connectivity index (χ1) is 9.02. The summed E-state index contributed by atoms with van der Waals surface area (Å²) in [6, 6.07) is 0. The second kappa shape index (κ2) is 12.2. The molecule has 0 aromatic heterocycles. The molecule has 3 heteroatoms. The van der Waals surface area contributed by atoms with Crippen molar-refractivity contribution in [3.63, 3.8) is 0 Å². The van der Waals surface area contributed by atoms with Crippen molar-refractivity contribution in [3.8, 4) is 0 Å². The van der Waals surface area contributed by atoms with Gasteiger partial charge in [-0.1, -0.05) is 64.7 Å². The van der Waals surface area contributed by atoms with Gasteiger partial charge in [-0.05, 0) is 26.4 Å². The molecule has 0 bridgehead atoms. The molecule has 0 saturated carbocycles. The van der Waals surface area contributed by atoms with E-state index in [4.69, 9.17) is 16.0 Å². The van der Waals surface area contributed by atoms with Crippen molar-refractivity contribution in [3.05, 3.63) is 0 Å². The predicted octanol–water partition coefficient (Wildman–Crippen LogP) is 6.30. The fourth-order valence-corrected chi connectivity index (χ4v) is 3.84. The lowest BCUT2D eigenvalue weighted by atomic mass is 10.1. The molecule has 0 aliphatic heterocycles. The third-order valence-electron chi connectivity index (χ3n) is 3.56. The van der Waals surface area contributed by atoms with E-state index in [-0.39, 0.29) is 0 Å². The van der Waals surface area contributed by atoms with Gasteiger partial charge in [-0.15, -0.1) is 11.6 Å². The molecule has 0 fully saturated rings. The van der Waals surface area contributed by atoms with Gasteiger partial charge in [0.25, 0.3) is 0 Å². The van der Waals surface area contributed by atoms with Gasteiger partial charge < -0.3 is 4.43 Å². The molecule has 0 amide bonds. The topological polar surface area (TPSA) is 9.23 Å². The van der Waals surface area contributed by atoms with E-state index in [1.807, 2.05) is 0 Å². The SMILES string of the molecule is CCCCCCCCCCCC(C)O[Si](C)(C)CCl. The Hall–Kier alpha value is 0.467. The molecule has 0 aliphatic rings. The summed E-state index contributed by atoms with van der Waals surface area (Å²) in [5.41, 5.74) is 0.703. The molecule has 0 N–H and O–H groups in total. The van der Waals surface area contributed by atoms with Crippen LogP contribution in [-0.4, -0.2) is 19.9 Å². The van der Waals surface area contributed by atoms with E-state index in [9.17, 15) is 0 Å². The van der Waals surface area contributed by atoms with Crippen LogP contribution in [0.1, 0.15) is 78.1 Å². The van der Waals surface area contributed by atoms with Crippen molar-refractivity contribution in [1.82, 2.24) is 0 Å². The highest BCUT2D eigenvalue weighted by Gasteiger charge is 2.23. The van der Waals surface area contributed by atoms with E-state index in [1.54, 1.807) is 0 Å². The van der Waals surface area contributed by atoms with Crippen molar-refractivity contribution in [1.29, 1.82) is 0 Å². The Labute approximate surface area is 127 Å². The summed E-state index contributed by atoms with van der Waals surface area (Å²) in [5, 5.41) is 0. The van der Waals surface area contributed by atoms with Crippen LogP contribution in [0, 0.1) is 0 Å². The zero-order chi connectivity index (χ0) is 14.6. The fourth-order valence-electron chi connectivity index (χ4n) is 2.38. The van der Waals surface area contributed by atoms with E-state index < -0.39 is 8.32 Å². The van der Waals surface area contributed by atoms with Crippen molar-refractivity contribution >= 4 is 19.9 Å². The Kier molecular flexibility index (Phi) is 12.5. The van der Waals surface area contributed by atoms with Gasteiger partial charge in [0, 0.05) is 11.6 Å². The molecule has 0 saturated heterocycles. The van der Waals surface area contributed by atoms with Crippen LogP contribution >= 0.6 is 11.6 Å². The third kappa shape index (κ3) is 13.2. The van der Waals surface area contributed by atoms with Crippen molar-refractivity contribution < 1.29 is 4.43 Å². The van der Waals surface area contributed by atoms with Gasteiger partial charge in [0.15, 0.2) is 0 Å². The van der Waals surface area contributed by atoms with Crippen LogP contribution in [-0.2, 0) is 4.43 Å². The molecular formula is C16H35ClOSi. The lowest BCUT2D eigenvalue weighted by Gasteiger charge is -2.25. The molecule has 1 nitrogen and oxygen atoms in total. The molecular weight excluding hydrogens is 272 g/mol. The predicted molar refractivity (Wildman–Crippen MR) is 90.6 cm³/mol. The van der Waals surface area contributed by atoms with Crippen LogP contribution in [0.3, 0.4) is 0 Å². The molecule has 0 spiro atoms. The Morgan fingerprint density at radius 2 is 1.37 bits per heavy atom. The van der Waals surface area contributed by atoms with E-state index in [0.717, 1.165) is 0 Å². The van der Waals surface area contributed by atoms with E-state index >= 15 is 0 Å². The normalized spacial score (nSPS) is 13.7. The number of unbranched alkanes of at least 4 members (excludes halogenated alkanes) is 8. The van der Waals surface area contributed by atoms with E-state index in [1.165, 1.54) is 64.2 Å². The first-order valence-corrected chi connectivity index (χ1v) is 11.9. The maximum Gasteiger partial charge on any atom is 0.201 e. The summed E-state index contributed by atoms with van der Waals surface area (Å²) >= 11 is 5.93. The number of hydrogen-bond acceptors (Lipinski definition) is 1. The monoisotopic (exact) mass is 306 g/mol. The van der Waals surface area contributed by atoms with Crippen LogP contribution in [0.2, 0.25) is 13.1 Å². The van der Waals surface area contributed by atoms with Crippen molar-refractivity contribution in [2.24, 2.45) is 0 Å². The lowest BCUT2D eigenvalue weighted by molar-refractivity contribution is 0.198. The number of halogens is 1. The van der Waals surface area contributed by atoms with Crippen LogP contribution in [0.15, 0.2) is 0 Å². The van der Waals surface area contributed by atoms with Crippen molar-refractivity contribution in [2.45, 2.75) is 97.3 Å². The number of hydrogen-bond donors (Lipinski definition) is 0. The Balaban J connectivity index is 3.30. The van der Waals surface area contributed by atoms with Gasteiger partial charge in [0.1, 0.15) is 0 Å². The molecule has 0 radical (unpaired) electrons. The Morgan fingerprint density at radius 1 is 0.895 bits per heavy atom. The van der Waals surface area contributed by atoms with Gasteiger partial charge in [-0.3, -0.25) is 0 Å². The highest BCUT2D eigenvalue weighted by atomic mass is 35.5. The fraction of sp³-hybridized carbons (Fsp3) is 1.00. The van der Waals surface area contributed by atoms with Crippen molar-refractivity contribution in [2.75, 3.05) is 5.50 Å². The Bertz CT molecular complexity index is 197. The number of rotatable bonds is 13. The summed E-state index contributed by atoms with van der Waals surface area (Å²) < 4.78 is 6.07. The number of alkyl halides is 1. The zero-order valence-electron chi connectivity index (χ0n) is 13.6. The summed E-state index contributed by atoms with van der Waals surface area (Å²) in [7, 11) is -1.57. The van der Waals surface area contributed by atoms with E-state index in [2.05, 4.69) is 26.9 Å². The second-order valence-corrected chi connectivity index (χ2v) is 11.3. The maximum atomic E-state index is 6.07. The highest BCUT2D eigenvalue weighted by molar-refractivity contribution is 6.77. The zero-order valence-corrected chi connectivity index (χ0v) is 15.4. The second-order valence-electron chi connectivity index (χ2n) is 6.44. The molecule has 0 aromatic carbocycles. The standard InChI is InChI=1S/C16H35ClOSi/c1-5-6-7-8-9-10-11-12-13-14-16(2)18-19(3,4)15-17/h16H,5-15H2,1-4H3. The van der Waals surface area contributed by atoms with Gasteiger partial charge in [-0.25, -0.2) is 0 Å². The first kappa shape index (κ1) is 19.5. The average Bonchev–Trinajstić information content (AvgIpc) is 2.36. The minimum Gasteiger partial charge on any atom is -0.414 e. The summed E-state index contributed by atoms with van der Waals surface area (Å²) in [6.45, 7) is 8.88. The van der Waals surface area contributed by atoms with Gasteiger partial charge in [0.2, 0.25) is 8.32 Å². The summed E-state index contributed by atoms with van der Waals surface area (Å²) in [5.74, 6) is 0. The smallest absolute Gasteiger partial charge is 0.201 e. The molecule has 1 atom stereocenters. The molecule has 19 heavy (non-hydrogen) atoms. The quantitative estimate of drug-likeness (QED) is 0.220. The molecule has 1 unspecified atom stereocenters. The molecule has 116 valence electrons. The first-order valence-electron chi connectivity index (χ1n) is 8.25. The highest BCUT2D eigenvalue weighted by Crippen LogP contribution is 2.16. The summed E-state index contributed by atoms with van der Waals surface area (Å²) in [4.78, 5) is 0. The van der Waals surface area contributed by atoms with Gasteiger partial charge >= 0.3 is 0 Å². The lowest BCUT2D eigenvalue weighted by Crippen LogP contribution is -2.36. The molecule has 0 aromatic rings. The third-order valence-corrected chi connectivity index (χ3v) is 7.17. The largest absolute Gasteiger partial charge is 0.414 e. The molecule has 0 heterocycles. The Morgan fingerprint density at radius 3 is 1.84 bits per heavy atom. The van der Waals surface area contributed by atoms with E-state index in [0.29, 0.717) is 11.6 Å². The molecule has 0 aliphatic carbocycles. The minimum absolute atomic E-state index is 0.393. The van der Waals surface area contributed by atoms with Gasteiger partial charge in [-0.2, -0.15) is 0 Å². The van der Waals surface area contributed by atoms with Crippen LogP contribution < -0.4 is 0 Å². The molecule has 0 rings (SSSR count). The van der Waals surface area contributed by atoms with Crippen LogP contribution in [0.4, 0.5) is 0 Å². The minimum atomic E-state index is -1.57. The summed E-state index contributed by atoms with van der Waals surface area (Å²) in [6.07, 6.45) is 14.1. The van der Waals surface area contributed by atoms with Gasteiger partial charge in [0.05, 0.1) is 0 Å². The van der Waals surface area contributed by atoms with Crippen LogP contribution in [0.25, 0.3) is 0 Å².